The number of fused-ring (bicyclic) bond motifs is 1. The second-order valence-corrected chi connectivity index (χ2v) is 8.51. The Labute approximate surface area is 131 Å². The molecule has 0 N–H and O–H groups in total. The summed E-state index contributed by atoms with van der Waals surface area (Å²) in [5.74, 6) is -0.637. The van der Waals surface area contributed by atoms with Gasteiger partial charge in [0.2, 0.25) is 0 Å². The number of para-hydroxylation sites is 1. The largest absolute Gasteiger partial charge is 0.439 e. The maximum absolute atomic E-state index is 11.7. The lowest BCUT2D eigenvalue weighted by molar-refractivity contribution is 0.496. The summed E-state index contributed by atoms with van der Waals surface area (Å²) in [4.78, 5) is 15.7. The molecule has 0 atom stereocenters. The van der Waals surface area contributed by atoms with Gasteiger partial charge in [-0.15, -0.1) is 0 Å². The summed E-state index contributed by atoms with van der Waals surface area (Å²) in [6.45, 7) is 5.91. The van der Waals surface area contributed by atoms with Gasteiger partial charge in [-0.3, -0.25) is 0 Å². The minimum Gasteiger partial charge on any atom is -0.408 e. The molecule has 0 fully saturated rings. The summed E-state index contributed by atoms with van der Waals surface area (Å²) in [5.41, 5.74) is 1.51. The zero-order chi connectivity index (χ0) is 15.8. The molecule has 22 heavy (non-hydrogen) atoms. The predicted molar refractivity (Wildman–Crippen MR) is 89.1 cm³/mol. The van der Waals surface area contributed by atoms with Crippen LogP contribution < -0.4 is 5.76 Å². The number of rotatable bonds is 3. The van der Waals surface area contributed by atoms with Gasteiger partial charge in [0.1, 0.15) is 15.4 Å². The number of aryl methyl sites for hydroxylation is 1. The van der Waals surface area contributed by atoms with Crippen molar-refractivity contribution < 1.29 is 12.8 Å². The van der Waals surface area contributed by atoms with Crippen LogP contribution in [0.1, 0.15) is 39.5 Å². The molecule has 5 nitrogen and oxygen atoms in total. The van der Waals surface area contributed by atoms with Crippen molar-refractivity contribution in [1.82, 2.24) is 4.98 Å². The fourth-order valence-electron chi connectivity index (χ4n) is 2.22. The maximum atomic E-state index is 11.7. The number of benzene rings is 1. The number of sulfone groups is 1. The SMILES string of the molecule is C.CC(C)(C)c1nc(=O)oc2c(CCS(C)(=O)=O)cccc12. The van der Waals surface area contributed by atoms with Gasteiger partial charge in [-0.2, -0.15) is 4.98 Å². The van der Waals surface area contributed by atoms with Crippen molar-refractivity contribution in [1.29, 1.82) is 0 Å². The van der Waals surface area contributed by atoms with Crippen LogP contribution >= 0.6 is 0 Å². The summed E-state index contributed by atoms with van der Waals surface area (Å²) in [6, 6.07) is 5.45. The molecule has 0 amide bonds. The van der Waals surface area contributed by atoms with Crippen LogP contribution in [0.5, 0.6) is 0 Å². The molecule has 1 heterocycles. The third kappa shape index (κ3) is 4.16. The summed E-state index contributed by atoms with van der Waals surface area (Å²) in [5, 5.41) is 0.758. The van der Waals surface area contributed by atoms with E-state index in [1.165, 1.54) is 6.26 Å². The van der Waals surface area contributed by atoms with Gasteiger partial charge in [0.15, 0.2) is 0 Å². The van der Waals surface area contributed by atoms with E-state index in [9.17, 15) is 13.2 Å². The highest BCUT2D eigenvalue weighted by Gasteiger charge is 2.22. The van der Waals surface area contributed by atoms with Crippen LogP contribution in [0, 0.1) is 0 Å². The first-order chi connectivity index (χ1) is 9.58. The third-order valence-corrected chi connectivity index (χ3v) is 4.14. The molecule has 0 saturated carbocycles. The van der Waals surface area contributed by atoms with Crippen molar-refractivity contribution in [3.8, 4) is 0 Å². The molecule has 0 saturated heterocycles. The van der Waals surface area contributed by atoms with Crippen molar-refractivity contribution in [3.05, 3.63) is 40.0 Å². The molecule has 122 valence electrons. The number of hydrogen-bond acceptors (Lipinski definition) is 5. The van der Waals surface area contributed by atoms with Crippen LogP contribution in [-0.4, -0.2) is 25.4 Å². The topological polar surface area (TPSA) is 77.2 Å². The van der Waals surface area contributed by atoms with E-state index < -0.39 is 15.6 Å². The zero-order valence-corrected chi connectivity index (χ0v) is 13.5. The molecule has 0 aliphatic heterocycles. The lowest BCUT2D eigenvalue weighted by Gasteiger charge is -2.19. The zero-order valence-electron chi connectivity index (χ0n) is 12.6. The number of nitrogens with zero attached hydrogens (tertiary/aromatic N) is 1. The van der Waals surface area contributed by atoms with Gasteiger partial charge in [-0.1, -0.05) is 40.3 Å². The lowest BCUT2D eigenvalue weighted by Crippen LogP contribution is -2.20. The Morgan fingerprint density at radius 2 is 1.86 bits per heavy atom. The van der Waals surface area contributed by atoms with E-state index in [0.29, 0.717) is 23.3 Å². The Bertz CT molecular complexity index is 829. The highest BCUT2D eigenvalue weighted by Crippen LogP contribution is 2.28. The van der Waals surface area contributed by atoms with E-state index in [2.05, 4.69) is 4.98 Å². The van der Waals surface area contributed by atoms with Crippen molar-refractivity contribution in [2.75, 3.05) is 12.0 Å². The molecular formula is C16H23NO4S. The molecule has 0 aliphatic rings. The molecule has 0 aliphatic carbocycles. The number of aromatic nitrogens is 1. The molecule has 2 aromatic rings. The highest BCUT2D eigenvalue weighted by atomic mass is 32.2. The van der Waals surface area contributed by atoms with Gasteiger partial charge in [0.05, 0.1) is 11.4 Å². The Balaban J connectivity index is 0.00000242. The second-order valence-electron chi connectivity index (χ2n) is 6.25. The molecule has 1 aromatic heterocycles. The minimum atomic E-state index is -3.08. The lowest BCUT2D eigenvalue weighted by atomic mass is 9.89. The fourth-order valence-corrected chi connectivity index (χ4v) is 2.81. The molecule has 1 aromatic carbocycles. The standard InChI is InChI=1S/C15H19NO4S.CH4/c1-15(2,3)13-11-7-5-6-10(8-9-21(4,18)19)12(11)20-14(17)16-13;/h5-7H,8-9H2,1-4H3;1H4. The van der Waals surface area contributed by atoms with Crippen LogP contribution in [0.2, 0.25) is 0 Å². The quantitative estimate of drug-likeness (QED) is 0.867. The van der Waals surface area contributed by atoms with Crippen LogP contribution in [0.4, 0.5) is 0 Å². The highest BCUT2D eigenvalue weighted by molar-refractivity contribution is 7.90. The van der Waals surface area contributed by atoms with Gasteiger partial charge in [-0.05, 0) is 18.1 Å². The van der Waals surface area contributed by atoms with Crippen LogP contribution in [0.3, 0.4) is 0 Å². The summed E-state index contributed by atoms with van der Waals surface area (Å²) >= 11 is 0. The molecule has 0 unspecified atom stereocenters. The summed E-state index contributed by atoms with van der Waals surface area (Å²) in [6.07, 6.45) is 1.50. The Morgan fingerprint density at radius 3 is 2.41 bits per heavy atom. The van der Waals surface area contributed by atoms with Crippen LogP contribution in [0.25, 0.3) is 11.0 Å². The van der Waals surface area contributed by atoms with E-state index >= 15 is 0 Å². The third-order valence-electron chi connectivity index (χ3n) is 3.20. The second kappa shape index (κ2) is 6.20. The number of hydrogen-bond donors (Lipinski definition) is 0. The van der Waals surface area contributed by atoms with E-state index in [1.54, 1.807) is 6.07 Å². The summed E-state index contributed by atoms with van der Waals surface area (Å²) < 4.78 is 27.9. The Kier molecular flexibility index (Phi) is 5.18. The van der Waals surface area contributed by atoms with E-state index in [-0.39, 0.29) is 18.6 Å². The van der Waals surface area contributed by atoms with Crippen molar-refractivity contribution in [2.45, 2.75) is 40.0 Å². The van der Waals surface area contributed by atoms with Crippen LogP contribution in [0.15, 0.2) is 27.4 Å². The smallest absolute Gasteiger partial charge is 0.408 e. The van der Waals surface area contributed by atoms with E-state index in [0.717, 1.165) is 5.39 Å². The van der Waals surface area contributed by atoms with Gasteiger partial charge in [-0.25, -0.2) is 13.2 Å². The summed E-state index contributed by atoms with van der Waals surface area (Å²) in [7, 11) is -3.08. The van der Waals surface area contributed by atoms with Gasteiger partial charge >= 0.3 is 5.76 Å². The molecule has 0 spiro atoms. The minimum absolute atomic E-state index is 0. The fraction of sp³-hybridized carbons (Fsp3) is 0.500. The molecule has 0 radical (unpaired) electrons. The Hall–Kier alpha value is -1.69. The van der Waals surface area contributed by atoms with E-state index in [1.807, 2.05) is 32.9 Å². The molecule has 6 heteroatoms. The predicted octanol–water partition coefficient (Wildman–Crippen LogP) is 2.71. The average molecular weight is 325 g/mol. The van der Waals surface area contributed by atoms with Crippen LogP contribution in [-0.2, 0) is 21.7 Å². The van der Waals surface area contributed by atoms with Crippen molar-refractivity contribution in [2.24, 2.45) is 0 Å². The van der Waals surface area contributed by atoms with Crippen molar-refractivity contribution in [3.63, 3.8) is 0 Å². The van der Waals surface area contributed by atoms with Crippen molar-refractivity contribution >= 4 is 20.8 Å². The Morgan fingerprint density at radius 1 is 1.23 bits per heavy atom. The van der Waals surface area contributed by atoms with Gasteiger partial charge in [0, 0.05) is 17.1 Å². The first kappa shape index (κ1) is 18.4. The van der Waals surface area contributed by atoms with Gasteiger partial charge < -0.3 is 4.42 Å². The monoisotopic (exact) mass is 325 g/mol. The average Bonchev–Trinajstić information content (AvgIpc) is 2.33. The molecule has 2 rings (SSSR count). The molecular weight excluding hydrogens is 302 g/mol. The first-order valence-electron chi connectivity index (χ1n) is 6.69. The first-order valence-corrected chi connectivity index (χ1v) is 8.75. The maximum Gasteiger partial charge on any atom is 0.439 e. The van der Waals surface area contributed by atoms with E-state index in [4.69, 9.17) is 4.42 Å². The molecule has 0 bridgehead atoms. The van der Waals surface area contributed by atoms with Gasteiger partial charge in [0.25, 0.3) is 0 Å². The normalized spacial score (nSPS) is 12.2.